The highest BCUT2D eigenvalue weighted by molar-refractivity contribution is 5.79. The van der Waals surface area contributed by atoms with Crippen LogP contribution in [-0.4, -0.2) is 18.9 Å². The van der Waals surface area contributed by atoms with Gasteiger partial charge in [0.25, 0.3) is 0 Å². The van der Waals surface area contributed by atoms with E-state index in [0.717, 1.165) is 29.7 Å². The summed E-state index contributed by atoms with van der Waals surface area (Å²) in [5.74, 6) is 2.45. The third kappa shape index (κ3) is 2.62. The fourth-order valence-corrected chi connectivity index (χ4v) is 3.65. The highest BCUT2D eigenvalue weighted by Crippen LogP contribution is 2.45. The minimum Gasteiger partial charge on any atom is -0.493 e. The molecule has 25 heavy (non-hydrogen) atoms. The van der Waals surface area contributed by atoms with Crippen LogP contribution in [-0.2, 0) is 0 Å². The molecule has 1 aromatic carbocycles. The van der Waals surface area contributed by atoms with E-state index in [2.05, 4.69) is 11.1 Å². The number of nitriles is 1. The van der Waals surface area contributed by atoms with Crippen LogP contribution in [0.5, 0.6) is 17.2 Å². The van der Waals surface area contributed by atoms with Gasteiger partial charge in [-0.1, -0.05) is 12.8 Å². The molecule has 0 spiro atoms. The van der Waals surface area contributed by atoms with Crippen molar-refractivity contribution < 1.29 is 14.2 Å². The molecule has 1 aliphatic heterocycles. The Hall–Kier alpha value is -2.94. The summed E-state index contributed by atoms with van der Waals surface area (Å²) in [4.78, 5) is 4.50. The second kappa shape index (κ2) is 6.17. The van der Waals surface area contributed by atoms with Crippen LogP contribution in [0.15, 0.2) is 18.2 Å². The lowest BCUT2D eigenvalue weighted by atomic mass is 9.95. The van der Waals surface area contributed by atoms with Crippen LogP contribution in [0.25, 0.3) is 11.1 Å². The van der Waals surface area contributed by atoms with E-state index in [1.165, 1.54) is 12.8 Å². The first kappa shape index (κ1) is 15.6. The molecule has 0 amide bonds. The fraction of sp³-hybridized carbons (Fsp3) is 0.368. The molecular formula is C19H19N3O3. The molecule has 4 rings (SSSR count). The van der Waals surface area contributed by atoms with Crippen molar-refractivity contribution in [1.29, 1.82) is 5.26 Å². The summed E-state index contributed by atoms with van der Waals surface area (Å²) in [6.45, 7) is 0.159. The Labute approximate surface area is 146 Å². The summed E-state index contributed by atoms with van der Waals surface area (Å²) in [5, 5.41) is 9.58. The van der Waals surface area contributed by atoms with Crippen molar-refractivity contribution in [3.63, 3.8) is 0 Å². The van der Waals surface area contributed by atoms with Gasteiger partial charge in [0.1, 0.15) is 17.5 Å². The maximum atomic E-state index is 9.58. The quantitative estimate of drug-likeness (QED) is 0.920. The molecule has 1 aromatic heterocycles. The average molecular weight is 337 g/mol. The van der Waals surface area contributed by atoms with Gasteiger partial charge in [-0.15, -0.1) is 0 Å². The predicted molar refractivity (Wildman–Crippen MR) is 92.7 cm³/mol. The zero-order chi connectivity index (χ0) is 17.4. The largest absolute Gasteiger partial charge is 0.493 e. The predicted octanol–water partition coefficient (Wildman–Crippen LogP) is 3.60. The molecule has 0 saturated heterocycles. The number of nitrogens with zero attached hydrogens (tertiary/aromatic N) is 2. The van der Waals surface area contributed by atoms with Crippen LogP contribution in [0.1, 0.15) is 42.9 Å². The second-order valence-electron chi connectivity index (χ2n) is 6.36. The van der Waals surface area contributed by atoms with Crippen LogP contribution < -0.4 is 19.9 Å². The smallest absolute Gasteiger partial charge is 0.231 e. The molecule has 1 fully saturated rings. The standard InChI is InChI=1S/C19H19N3O3/c1-23-16-6-12(7-17-18(16)25-10-24-17)13-8-15(11-4-2-3-5-11)22-19(21)14(13)9-20/h6-8,11H,2-5,10H2,1H3,(H2,21,22). The number of rotatable bonds is 3. The molecule has 2 heterocycles. The number of aromatic nitrogens is 1. The van der Waals surface area contributed by atoms with E-state index in [1.54, 1.807) is 7.11 Å². The first-order valence-corrected chi connectivity index (χ1v) is 8.39. The van der Waals surface area contributed by atoms with Gasteiger partial charge < -0.3 is 19.9 Å². The Morgan fingerprint density at radius 1 is 1.24 bits per heavy atom. The highest BCUT2D eigenvalue weighted by atomic mass is 16.7. The van der Waals surface area contributed by atoms with Crippen molar-refractivity contribution in [3.8, 4) is 34.4 Å². The third-order valence-electron chi connectivity index (χ3n) is 4.92. The molecule has 6 nitrogen and oxygen atoms in total. The molecule has 2 aliphatic rings. The molecule has 0 atom stereocenters. The van der Waals surface area contributed by atoms with Crippen LogP contribution in [0, 0.1) is 11.3 Å². The molecule has 6 heteroatoms. The van der Waals surface area contributed by atoms with E-state index in [9.17, 15) is 5.26 Å². The number of hydrogen-bond donors (Lipinski definition) is 1. The van der Waals surface area contributed by atoms with Crippen LogP contribution in [0.4, 0.5) is 5.82 Å². The second-order valence-corrected chi connectivity index (χ2v) is 6.36. The van der Waals surface area contributed by atoms with Crippen molar-refractivity contribution >= 4 is 5.82 Å². The summed E-state index contributed by atoms with van der Waals surface area (Å²) in [5.41, 5.74) is 9.01. The number of nitrogens with two attached hydrogens (primary N) is 1. The van der Waals surface area contributed by atoms with E-state index in [4.69, 9.17) is 19.9 Å². The summed E-state index contributed by atoms with van der Waals surface area (Å²) >= 11 is 0. The van der Waals surface area contributed by atoms with E-state index >= 15 is 0 Å². The van der Waals surface area contributed by atoms with Gasteiger partial charge in [0.05, 0.1) is 7.11 Å². The van der Waals surface area contributed by atoms with Crippen LogP contribution in [0.2, 0.25) is 0 Å². The minimum atomic E-state index is 0.159. The number of pyridine rings is 1. The Bertz CT molecular complexity index is 867. The Morgan fingerprint density at radius 3 is 2.76 bits per heavy atom. The molecule has 1 saturated carbocycles. The summed E-state index contributed by atoms with van der Waals surface area (Å²) < 4.78 is 16.4. The fourth-order valence-electron chi connectivity index (χ4n) is 3.65. The minimum absolute atomic E-state index is 0.159. The molecular weight excluding hydrogens is 318 g/mol. The van der Waals surface area contributed by atoms with Gasteiger partial charge >= 0.3 is 0 Å². The summed E-state index contributed by atoms with van der Waals surface area (Å²) in [6, 6.07) is 7.88. The maximum Gasteiger partial charge on any atom is 0.231 e. The van der Waals surface area contributed by atoms with Crippen LogP contribution >= 0.6 is 0 Å². The molecule has 2 aromatic rings. The Balaban J connectivity index is 1.88. The molecule has 0 radical (unpaired) electrons. The van der Waals surface area contributed by atoms with Crippen molar-refractivity contribution in [2.45, 2.75) is 31.6 Å². The number of ether oxygens (including phenoxy) is 3. The zero-order valence-electron chi connectivity index (χ0n) is 14.0. The lowest BCUT2D eigenvalue weighted by Crippen LogP contribution is -2.04. The molecule has 2 N–H and O–H groups in total. The zero-order valence-corrected chi connectivity index (χ0v) is 14.0. The van der Waals surface area contributed by atoms with Crippen molar-refractivity contribution in [1.82, 2.24) is 4.98 Å². The van der Waals surface area contributed by atoms with Crippen molar-refractivity contribution in [3.05, 3.63) is 29.5 Å². The number of nitrogen functional groups attached to an aromatic ring is 1. The summed E-state index contributed by atoms with van der Waals surface area (Å²) in [6.07, 6.45) is 4.64. The van der Waals surface area contributed by atoms with Gasteiger partial charge in [-0.3, -0.25) is 0 Å². The summed E-state index contributed by atoms with van der Waals surface area (Å²) in [7, 11) is 1.58. The van der Waals surface area contributed by atoms with Gasteiger partial charge in [0, 0.05) is 17.2 Å². The third-order valence-corrected chi connectivity index (χ3v) is 4.92. The van der Waals surface area contributed by atoms with Crippen LogP contribution in [0.3, 0.4) is 0 Å². The lowest BCUT2D eigenvalue weighted by molar-refractivity contribution is 0.171. The van der Waals surface area contributed by atoms with Crippen molar-refractivity contribution in [2.24, 2.45) is 0 Å². The number of hydrogen-bond acceptors (Lipinski definition) is 6. The maximum absolute atomic E-state index is 9.58. The van der Waals surface area contributed by atoms with Gasteiger partial charge in [0.15, 0.2) is 11.5 Å². The SMILES string of the molecule is COc1cc(-c2cc(C3CCCC3)nc(N)c2C#N)cc2c1OCO2. The first-order valence-electron chi connectivity index (χ1n) is 8.39. The Morgan fingerprint density at radius 2 is 2.04 bits per heavy atom. The topological polar surface area (TPSA) is 90.4 Å². The lowest BCUT2D eigenvalue weighted by Gasteiger charge is -2.15. The number of benzene rings is 1. The van der Waals surface area contributed by atoms with Gasteiger partial charge in [-0.05, 0) is 36.6 Å². The first-order chi connectivity index (χ1) is 12.2. The molecule has 1 aliphatic carbocycles. The normalized spacial score (nSPS) is 16.0. The number of fused-ring (bicyclic) bond motifs is 1. The monoisotopic (exact) mass is 337 g/mol. The highest BCUT2D eigenvalue weighted by Gasteiger charge is 2.25. The molecule has 0 bridgehead atoms. The van der Waals surface area contributed by atoms with E-state index < -0.39 is 0 Å². The number of methoxy groups -OCH3 is 1. The number of anilines is 1. The Kier molecular flexibility index (Phi) is 3.85. The van der Waals surface area contributed by atoms with Crippen molar-refractivity contribution in [2.75, 3.05) is 19.6 Å². The average Bonchev–Trinajstić information content (AvgIpc) is 3.31. The van der Waals surface area contributed by atoms with Gasteiger partial charge in [-0.25, -0.2) is 4.98 Å². The molecule has 128 valence electrons. The van der Waals surface area contributed by atoms with E-state index in [0.29, 0.717) is 28.7 Å². The van der Waals surface area contributed by atoms with E-state index in [-0.39, 0.29) is 12.6 Å². The van der Waals surface area contributed by atoms with Gasteiger partial charge in [-0.2, -0.15) is 5.26 Å². The van der Waals surface area contributed by atoms with Gasteiger partial charge in [0.2, 0.25) is 12.5 Å². The molecule has 0 unspecified atom stereocenters. The van der Waals surface area contributed by atoms with E-state index in [1.807, 2.05) is 18.2 Å².